The second-order valence-corrected chi connectivity index (χ2v) is 4.60. The lowest BCUT2D eigenvalue weighted by Crippen LogP contribution is -1.86. The number of rotatable bonds is 3. The molecule has 0 aliphatic heterocycles. The zero-order valence-electron chi connectivity index (χ0n) is 8.18. The topological polar surface area (TPSA) is 22.1 Å². The summed E-state index contributed by atoms with van der Waals surface area (Å²) in [5.41, 5.74) is 1.09. The molecule has 1 aromatic carbocycles. The van der Waals surface area contributed by atoms with Gasteiger partial charge in [0.2, 0.25) is 0 Å². The van der Waals surface area contributed by atoms with Crippen LogP contribution in [-0.4, -0.2) is 4.98 Å². The van der Waals surface area contributed by atoms with Crippen LogP contribution in [0.3, 0.4) is 0 Å². The molecule has 4 heteroatoms. The summed E-state index contributed by atoms with van der Waals surface area (Å²) in [6.07, 6.45) is 1.72. The van der Waals surface area contributed by atoms with Gasteiger partial charge in [-0.2, -0.15) is 0 Å². The molecule has 0 aliphatic rings. The molecule has 15 heavy (non-hydrogen) atoms. The molecule has 2 aromatic rings. The number of hydrogen-bond acceptors (Lipinski definition) is 3. The number of benzene rings is 1. The van der Waals surface area contributed by atoms with Crippen molar-refractivity contribution in [2.75, 3.05) is 0 Å². The molecule has 0 bridgehead atoms. The van der Waals surface area contributed by atoms with Crippen LogP contribution in [0.5, 0.6) is 10.9 Å². The highest BCUT2D eigenvalue weighted by Gasteiger charge is 2.02. The number of halogens is 1. The maximum Gasteiger partial charge on any atom is 0.278 e. The first-order valence-electron chi connectivity index (χ1n) is 4.57. The van der Waals surface area contributed by atoms with Gasteiger partial charge in [0.15, 0.2) is 0 Å². The first-order valence-corrected chi connectivity index (χ1v) is 5.88. The van der Waals surface area contributed by atoms with Crippen LogP contribution >= 0.6 is 22.9 Å². The molecule has 0 radical (unpaired) electrons. The molecule has 1 atom stereocenters. The lowest BCUT2D eigenvalue weighted by Gasteiger charge is -2.05. The van der Waals surface area contributed by atoms with Crippen LogP contribution in [-0.2, 0) is 0 Å². The molecule has 0 saturated carbocycles. The van der Waals surface area contributed by atoms with E-state index in [0.29, 0.717) is 5.19 Å². The summed E-state index contributed by atoms with van der Waals surface area (Å²) >= 11 is 7.42. The Balaban J connectivity index is 2.11. The summed E-state index contributed by atoms with van der Waals surface area (Å²) in [6, 6.07) is 7.71. The molecule has 78 valence electrons. The van der Waals surface area contributed by atoms with Gasteiger partial charge in [-0.05, 0) is 24.6 Å². The number of thiazole rings is 1. The van der Waals surface area contributed by atoms with Crippen LogP contribution < -0.4 is 4.74 Å². The fourth-order valence-electron chi connectivity index (χ4n) is 1.16. The molecule has 1 unspecified atom stereocenters. The first-order chi connectivity index (χ1) is 7.25. The molecule has 0 saturated heterocycles. The number of ether oxygens (including phenoxy) is 1. The molecule has 1 aromatic heterocycles. The third kappa shape index (κ3) is 2.70. The Morgan fingerprint density at radius 2 is 2.07 bits per heavy atom. The van der Waals surface area contributed by atoms with Crippen molar-refractivity contribution >= 4 is 22.9 Å². The van der Waals surface area contributed by atoms with Crippen molar-refractivity contribution in [1.82, 2.24) is 4.98 Å². The number of alkyl halides is 1. The molecule has 0 amide bonds. The summed E-state index contributed by atoms with van der Waals surface area (Å²) in [7, 11) is 0. The Labute approximate surface area is 97.5 Å². The molecule has 2 nitrogen and oxygen atoms in total. The lowest BCUT2D eigenvalue weighted by molar-refractivity contribution is 0.478. The summed E-state index contributed by atoms with van der Waals surface area (Å²) in [5, 5.41) is 2.56. The van der Waals surface area contributed by atoms with Crippen molar-refractivity contribution in [2.24, 2.45) is 0 Å². The highest BCUT2D eigenvalue weighted by Crippen LogP contribution is 2.26. The zero-order chi connectivity index (χ0) is 10.7. The van der Waals surface area contributed by atoms with E-state index < -0.39 is 0 Å². The summed E-state index contributed by atoms with van der Waals surface area (Å²) in [6.45, 7) is 1.94. The van der Waals surface area contributed by atoms with Gasteiger partial charge in [0.05, 0.1) is 5.38 Å². The van der Waals surface area contributed by atoms with Gasteiger partial charge >= 0.3 is 0 Å². The van der Waals surface area contributed by atoms with E-state index in [0.717, 1.165) is 11.3 Å². The first kappa shape index (κ1) is 10.5. The van der Waals surface area contributed by atoms with Crippen LogP contribution in [0.1, 0.15) is 17.9 Å². The van der Waals surface area contributed by atoms with Gasteiger partial charge in [-0.3, -0.25) is 0 Å². The van der Waals surface area contributed by atoms with Crippen molar-refractivity contribution in [2.45, 2.75) is 12.3 Å². The van der Waals surface area contributed by atoms with E-state index in [9.17, 15) is 0 Å². The summed E-state index contributed by atoms with van der Waals surface area (Å²) in [5.74, 6) is 0.783. The summed E-state index contributed by atoms with van der Waals surface area (Å²) in [4.78, 5) is 4.04. The van der Waals surface area contributed by atoms with Crippen LogP contribution in [0, 0.1) is 0 Å². The summed E-state index contributed by atoms with van der Waals surface area (Å²) < 4.78 is 5.52. The van der Waals surface area contributed by atoms with E-state index >= 15 is 0 Å². The van der Waals surface area contributed by atoms with Crippen LogP contribution in [0.2, 0.25) is 0 Å². The quantitative estimate of drug-likeness (QED) is 0.748. The van der Waals surface area contributed by atoms with E-state index in [1.165, 1.54) is 11.3 Å². The number of nitrogens with zero attached hydrogens (tertiary/aromatic N) is 1. The van der Waals surface area contributed by atoms with Gasteiger partial charge < -0.3 is 4.74 Å². The average molecular weight is 240 g/mol. The predicted molar refractivity (Wildman–Crippen MR) is 62.9 cm³/mol. The minimum Gasteiger partial charge on any atom is -0.431 e. The van der Waals surface area contributed by atoms with E-state index in [4.69, 9.17) is 16.3 Å². The van der Waals surface area contributed by atoms with E-state index in [-0.39, 0.29) is 5.38 Å². The Hall–Kier alpha value is -1.06. The lowest BCUT2D eigenvalue weighted by atomic mass is 10.2. The van der Waals surface area contributed by atoms with Gasteiger partial charge in [0, 0.05) is 11.6 Å². The molecule has 0 N–H and O–H groups in total. The number of aromatic nitrogens is 1. The predicted octanol–water partition coefficient (Wildman–Crippen LogP) is 4.24. The van der Waals surface area contributed by atoms with Crippen LogP contribution in [0.25, 0.3) is 0 Å². The standard InChI is InChI=1S/C11H10ClNOS/c1-8(12)9-2-4-10(5-3-9)14-11-13-6-7-15-11/h2-8H,1H3. The molecular weight excluding hydrogens is 230 g/mol. The third-order valence-electron chi connectivity index (χ3n) is 1.95. The Morgan fingerprint density at radius 1 is 1.33 bits per heavy atom. The fraction of sp³-hybridized carbons (Fsp3) is 0.182. The maximum absolute atomic E-state index is 5.95. The van der Waals surface area contributed by atoms with Crippen molar-refractivity contribution in [3.63, 3.8) is 0 Å². The third-order valence-corrected chi connectivity index (χ3v) is 2.85. The van der Waals surface area contributed by atoms with E-state index in [1.807, 2.05) is 36.6 Å². The van der Waals surface area contributed by atoms with Gasteiger partial charge in [-0.25, -0.2) is 4.98 Å². The highest BCUT2D eigenvalue weighted by molar-refractivity contribution is 7.11. The smallest absolute Gasteiger partial charge is 0.278 e. The van der Waals surface area contributed by atoms with Crippen LogP contribution in [0.15, 0.2) is 35.8 Å². The minimum absolute atomic E-state index is 0.0268. The van der Waals surface area contributed by atoms with Gasteiger partial charge in [-0.15, -0.1) is 11.6 Å². The minimum atomic E-state index is 0.0268. The van der Waals surface area contributed by atoms with Crippen molar-refractivity contribution in [1.29, 1.82) is 0 Å². The Morgan fingerprint density at radius 3 is 2.60 bits per heavy atom. The van der Waals surface area contributed by atoms with Crippen molar-refractivity contribution in [3.05, 3.63) is 41.4 Å². The maximum atomic E-state index is 5.95. The van der Waals surface area contributed by atoms with Gasteiger partial charge in [0.25, 0.3) is 5.19 Å². The van der Waals surface area contributed by atoms with E-state index in [2.05, 4.69) is 4.98 Å². The second-order valence-electron chi connectivity index (χ2n) is 3.09. The van der Waals surface area contributed by atoms with Crippen molar-refractivity contribution < 1.29 is 4.74 Å². The molecule has 1 heterocycles. The average Bonchev–Trinajstić information content (AvgIpc) is 2.71. The molecule has 0 fully saturated rings. The van der Waals surface area contributed by atoms with Crippen molar-refractivity contribution in [3.8, 4) is 10.9 Å². The molecular formula is C11H10ClNOS. The van der Waals surface area contributed by atoms with Gasteiger partial charge in [-0.1, -0.05) is 23.5 Å². The Kier molecular flexibility index (Phi) is 3.23. The number of hydrogen-bond donors (Lipinski definition) is 0. The molecule has 0 aliphatic carbocycles. The Bertz CT molecular complexity index is 411. The monoisotopic (exact) mass is 239 g/mol. The zero-order valence-corrected chi connectivity index (χ0v) is 9.76. The normalized spacial score (nSPS) is 12.4. The fourth-order valence-corrected chi connectivity index (χ4v) is 1.81. The highest BCUT2D eigenvalue weighted by atomic mass is 35.5. The molecule has 2 rings (SSSR count). The van der Waals surface area contributed by atoms with Gasteiger partial charge in [0.1, 0.15) is 5.75 Å². The van der Waals surface area contributed by atoms with Crippen LogP contribution in [0.4, 0.5) is 0 Å². The largest absolute Gasteiger partial charge is 0.431 e. The second kappa shape index (κ2) is 4.64. The van der Waals surface area contributed by atoms with E-state index in [1.54, 1.807) is 6.20 Å². The molecule has 0 spiro atoms. The SMILES string of the molecule is CC(Cl)c1ccc(Oc2nccs2)cc1.